The quantitative estimate of drug-likeness (QED) is 0.522. The Balaban J connectivity index is 1.17. The summed E-state index contributed by atoms with van der Waals surface area (Å²) in [4.78, 5) is 25.8. The third kappa shape index (κ3) is 4.54. The van der Waals surface area contributed by atoms with E-state index in [2.05, 4.69) is 68.2 Å². The Morgan fingerprint density at radius 1 is 0.829 bits per heavy atom. The van der Waals surface area contributed by atoms with Crippen LogP contribution in [0.1, 0.15) is 44.1 Å². The van der Waals surface area contributed by atoms with Crippen LogP contribution in [0.15, 0.2) is 60.8 Å². The number of rotatable bonds is 4. The maximum Gasteiger partial charge on any atom is 0.230 e. The van der Waals surface area contributed by atoms with Crippen LogP contribution in [0.25, 0.3) is 10.9 Å². The summed E-state index contributed by atoms with van der Waals surface area (Å²) < 4.78 is 0. The van der Waals surface area contributed by atoms with Gasteiger partial charge in [0.25, 0.3) is 0 Å². The summed E-state index contributed by atoms with van der Waals surface area (Å²) in [5, 5.41) is 1.20. The number of hydrogen-bond donors (Lipinski definition) is 0. The lowest BCUT2D eigenvalue weighted by atomic mass is 9.86. The lowest BCUT2D eigenvalue weighted by Crippen LogP contribution is -2.55. The number of aromatic nitrogens is 1. The summed E-state index contributed by atoms with van der Waals surface area (Å²) in [5.41, 5.74) is 4.83. The highest BCUT2D eigenvalue weighted by Crippen LogP contribution is 2.35. The number of pyridine rings is 1. The molecule has 5 nitrogen and oxygen atoms in total. The van der Waals surface area contributed by atoms with Crippen molar-refractivity contribution in [3.8, 4) is 0 Å². The molecule has 1 unspecified atom stereocenters. The second-order valence-corrected chi connectivity index (χ2v) is 10.5. The molecule has 1 amide bonds. The van der Waals surface area contributed by atoms with Crippen molar-refractivity contribution in [2.24, 2.45) is 5.92 Å². The molecule has 0 radical (unpaired) electrons. The molecule has 3 heterocycles. The highest BCUT2D eigenvalue weighted by Gasteiger charge is 2.36. The molecular formula is C30H36N4O. The van der Waals surface area contributed by atoms with Gasteiger partial charge in [0.2, 0.25) is 5.91 Å². The van der Waals surface area contributed by atoms with E-state index in [0.29, 0.717) is 5.91 Å². The number of benzene rings is 2. The number of amides is 1. The largest absolute Gasteiger partial charge is 0.367 e. The highest BCUT2D eigenvalue weighted by atomic mass is 16.2. The molecule has 2 aromatic carbocycles. The summed E-state index contributed by atoms with van der Waals surface area (Å²) in [5.74, 6) is 0.579. The Morgan fingerprint density at radius 2 is 1.60 bits per heavy atom. The normalized spacial score (nSPS) is 21.8. The number of nitrogens with zero attached hydrogens (tertiary/aromatic N) is 4. The van der Waals surface area contributed by atoms with Crippen LogP contribution in [0.3, 0.4) is 0 Å². The Morgan fingerprint density at radius 3 is 2.46 bits per heavy atom. The van der Waals surface area contributed by atoms with Gasteiger partial charge in [-0.05, 0) is 49.4 Å². The van der Waals surface area contributed by atoms with Crippen LogP contribution in [0.5, 0.6) is 0 Å². The van der Waals surface area contributed by atoms with Gasteiger partial charge in [-0.2, -0.15) is 0 Å². The molecule has 6 rings (SSSR count). The van der Waals surface area contributed by atoms with Crippen molar-refractivity contribution in [3.05, 3.63) is 66.4 Å². The second-order valence-electron chi connectivity index (χ2n) is 10.5. The van der Waals surface area contributed by atoms with Crippen molar-refractivity contribution >= 4 is 28.2 Å². The second kappa shape index (κ2) is 9.98. The molecular weight excluding hydrogens is 432 g/mol. The van der Waals surface area contributed by atoms with Crippen molar-refractivity contribution in [1.29, 1.82) is 0 Å². The number of piperazine rings is 1. The van der Waals surface area contributed by atoms with E-state index in [1.807, 2.05) is 12.3 Å². The fraction of sp³-hybridized carbons (Fsp3) is 0.467. The predicted molar refractivity (Wildman–Crippen MR) is 143 cm³/mol. The minimum atomic E-state index is 0.202. The molecule has 3 aromatic rings. The monoisotopic (exact) mass is 468 g/mol. The van der Waals surface area contributed by atoms with Gasteiger partial charge in [0.1, 0.15) is 0 Å². The number of aryl methyl sites for hydroxylation is 1. The standard InChI is InChI=1S/C30H36N4O/c35-30(25-9-2-1-3-10-25)34-26(16-15-23-8-4-5-13-27(23)34)22-32-18-20-33(21-19-32)28-14-6-11-24-12-7-17-31-29(24)28/h4-8,11-14,17,25-26H,1-3,9-10,15-16,18-22H2. The molecule has 1 saturated heterocycles. The van der Waals surface area contributed by atoms with Crippen LogP contribution < -0.4 is 9.80 Å². The zero-order valence-electron chi connectivity index (χ0n) is 20.6. The van der Waals surface area contributed by atoms with Crippen molar-refractivity contribution in [3.63, 3.8) is 0 Å². The molecule has 1 saturated carbocycles. The van der Waals surface area contributed by atoms with Crippen LogP contribution in [-0.2, 0) is 11.2 Å². The lowest BCUT2D eigenvalue weighted by molar-refractivity contribution is -0.124. The van der Waals surface area contributed by atoms with Gasteiger partial charge in [0, 0.05) is 62.0 Å². The maximum atomic E-state index is 13.8. The predicted octanol–water partition coefficient (Wildman–Crippen LogP) is 5.29. The summed E-state index contributed by atoms with van der Waals surface area (Å²) in [6.07, 6.45) is 9.80. The van der Waals surface area contributed by atoms with Gasteiger partial charge in [0.05, 0.1) is 11.2 Å². The fourth-order valence-corrected chi connectivity index (χ4v) is 6.44. The first-order chi connectivity index (χ1) is 17.3. The minimum absolute atomic E-state index is 0.202. The van der Waals surface area contributed by atoms with Gasteiger partial charge in [0.15, 0.2) is 0 Å². The first-order valence-electron chi connectivity index (χ1n) is 13.5. The molecule has 35 heavy (non-hydrogen) atoms. The van der Waals surface area contributed by atoms with E-state index in [1.54, 1.807) is 0 Å². The number of carbonyl (C=O) groups excluding carboxylic acids is 1. The number of para-hydroxylation sites is 2. The van der Waals surface area contributed by atoms with Crippen molar-refractivity contribution in [2.45, 2.75) is 51.0 Å². The topological polar surface area (TPSA) is 39.7 Å². The summed E-state index contributed by atoms with van der Waals surface area (Å²) in [6.45, 7) is 5.00. The Labute approximate surface area is 208 Å². The molecule has 1 aliphatic carbocycles. The maximum absolute atomic E-state index is 13.8. The molecule has 0 N–H and O–H groups in total. The SMILES string of the molecule is O=C(C1CCCCC1)N1c2ccccc2CCC1CN1CCN(c2cccc3cccnc23)CC1. The molecule has 5 heteroatoms. The van der Waals surface area contributed by atoms with E-state index in [0.717, 1.165) is 63.9 Å². The lowest BCUT2D eigenvalue weighted by Gasteiger charge is -2.43. The number of carbonyl (C=O) groups is 1. The Bertz CT molecular complexity index is 1170. The number of anilines is 2. The van der Waals surface area contributed by atoms with Crippen LogP contribution >= 0.6 is 0 Å². The Hall–Kier alpha value is -2.92. The minimum Gasteiger partial charge on any atom is -0.367 e. The van der Waals surface area contributed by atoms with Gasteiger partial charge in [-0.25, -0.2) is 0 Å². The van der Waals surface area contributed by atoms with E-state index < -0.39 is 0 Å². The Kier molecular flexibility index (Phi) is 6.43. The average molecular weight is 469 g/mol. The van der Waals surface area contributed by atoms with Crippen molar-refractivity contribution < 1.29 is 4.79 Å². The van der Waals surface area contributed by atoms with Crippen LogP contribution in [-0.4, -0.2) is 54.6 Å². The van der Waals surface area contributed by atoms with Gasteiger partial charge in [-0.3, -0.25) is 14.7 Å². The molecule has 1 atom stereocenters. The summed E-state index contributed by atoms with van der Waals surface area (Å²) in [7, 11) is 0. The van der Waals surface area contributed by atoms with Crippen molar-refractivity contribution in [1.82, 2.24) is 9.88 Å². The molecule has 1 aromatic heterocycles. The van der Waals surface area contributed by atoms with Crippen LogP contribution in [0.4, 0.5) is 11.4 Å². The molecule has 0 spiro atoms. The first kappa shape index (κ1) is 22.5. The van der Waals surface area contributed by atoms with E-state index in [4.69, 9.17) is 0 Å². The first-order valence-corrected chi connectivity index (χ1v) is 13.5. The van der Waals surface area contributed by atoms with Crippen LogP contribution in [0.2, 0.25) is 0 Å². The molecule has 3 aliphatic rings. The number of fused-ring (bicyclic) bond motifs is 2. The zero-order chi connectivity index (χ0) is 23.6. The van der Waals surface area contributed by atoms with E-state index >= 15 is 0 Å². The average Bonchev–Trinajstić information content (AvgIpc) is 2.93. The van der Waals surface area contributed by atoms with Gasteiger partial charge < -0.3 is 9.80 Å². The van der Waals surface area contributed by atoms with Gasteiger partial charge in [-0.15, -0.1) is 0 Å². The molecule has 2 aliphatic heterocycles. The van der Waals surface area contributed by atoms with Gasteiger partial charge >= 0.3 is 0 Å². The fourth-order valence-electron chi connectivity index (χ4n) is 6.44. The third-order valence-corrected chi connectivity index (χ3v) is 8.35. The molecule has 182 valence electrons. The smallest absolute Gasteiger partial charge is 0.230 e. The van der Waals surface area contributed by atoms with Crippen LogP contribution in [0, 0.1) is 5.92 Å². The zero-order valence-corrected chi connectivity index (χ0v) is 20.6. The van der Waals surface area contributed by atoms with Gasteiger partial charge in [-0.1, -0.05) is 55.7 Å². The summed E-state index contributed by atoms with van der Waals surface area (Å²) >= 11 is 0. The number of hydrogen-bond acceptors (Lipinski definition) is 4. The van der Waals surface area contributed by atoms with Crippen molar-refractivity contribution in [2.75, 3.05) is 42.5 Å². The van der Waals surface area contributed by atoms with E-state index in [-0.39, 0.29) is 12.0 Å². The van der Waals surface area contributed by atoms with E-state index in [1.165, 1.54) is 41.6 Å². The van der Waals surface area contributed by atoms with E-state index in [9.17, 15) is 4.79 Å². The molecule has 0 bridgehead atoms. The third-order valence-electron chi connectivity index (χ3n) is 8.35. The summed E-state index contributed by atoms with van der Waals surface area (Å²) in [6, 6.07) is 19.5. The molecule has 2 fully saturated rings. The highest BCUT2D eigenvalue weighted by molar-refractivity contribution is 5.97.